The van der Waals surface area contributed by atoms with Crippen molar-refractivity contribution in [1.82, 2.24) is 0 Å². The number of benzene rings is 1. The molecular formula is C13H17NO2. The molecule has 0 unspecified atom stereocenters. The molecule has 0 heterocycles. The Hall–Kier alpha value is -1.77. The molecule has 86 valence electrons. The second-order valence-electron chi connectivity index (χ2n) is 3.57. The van der Waals surface area contributed by atoms with Crippen molar-refractivity contribution >= 4 is 11.6 Å². The van der Waals surface area contributed by atoms with Gasteiger partial charge in [0, 0.05) is 25.7 Å². The van der Waals surface area contributed by atoms with Crippen molar-refractivity contribution in [1.29, 1.82) is 0 Å². The Morgan fingerprint density at radius 2 is 2.25 bits per heavy atom. The third-order valence-electron chi connectivity index (χ3n) is 2.49. The number of carbonyl (C=O) groups excluding carboxylic acids is 1. The Bertz CT molecular complexity index is 399. The van der Waals surface area contributed by atoms with Crippen LogP contribution in [0.4, 0.5) is 5.69 Å². The quantitative estimate of drug-likeness (QED) is 0.728. The maximum Gasteiger partial charge on any atom is 0.223 e. The molecule has 3 heteroatoms. The summed E-state index contributed by atoms with van der Waals surface area (Å²) in [7, 11) is 3.36. The van der Waals surface area contributed by atoms with Crippen LogP contribution in [0.15, 0.2) is 30.9 Å². The molecule has 0 aliphatic carbocycles. The molecule has 3 nitrogen and oxygen atoms in total. The van der Waals surface area contributed by atoms with Crippen LogP contribution in [-0.4, -0.2) is 20.1 Å². The van der Waals surface area contributed by atoms with Gasteiger partial charge in [0.15, 0.2) is 0 Å². The van der Waals surface area contributed by atoms with Crippen molar-refractivity contribution in [2.24, 2.45) is 0 Å². The largest absolute Gasteiger partial charge is 0.496 e. The van der Waals surface area contributed by atoms with Crippen molar-refractivity contribution in [3.63, 3.8) is 0 Å². The molecule has 0 aromatic heterocycles. The van der Waals surface area contributed by atoms with Gasteiger partial charge in [-0.2, -0.15) is 0 Å². The van der Waals surface area contributed by atoms with Crippen LogP contribution in [0, 0.1) is 0 Å². The van der Waals surface area contributed by atoms with E-state index in [1.807, 2.05) is 24.3 Å². The Morgan fingerprint density at radius 3 is 2.75 bits per heavy atom. The van der Waals surface area contributed by atoms with Crippen LogP contribution in [0.25, 0.3) is 0 Å². The second kappa shape index (κ2) is 5.35. The molecule has 0 radical (unpaired) electrons. The van der Waals surface area contributed by atoms with Crippen molar-refractivity contribution in [2.45, 2.75) is 13.3 Å². The maximum atomic E-state index is 11.2. The monoisotopic (exact) mass is 219 g/mol. The average molecular weight is 219 g/mol. The SMILES string of the molecule is C=CCc1ccc(N(C)C(C)=O)cc1OC. The zero-order chi connectivity index (χ0) is 12.1. The molecule has 1 aromatic carbocycles. The van der Waals surface area contributed by atoms with E-state index in [4.69, 9.17) is 4.74 Å². The smallest absolute Gasteiger partial charge is 0.223 e. The van der Waals surface area contributed by atoms with Gasteiger partial charge in [0.25, 0.3) is 0 Å². The molecule has 0 bridgehead atoms. The summed E-state index contributed by atoms with van der Waals surface area (Å²) in [6.45, 7) is 5.23. The van der Waals surface area contributed by atoms with E-state index in [-0.39, 0.29) is 5.91 Å². The van der Waals surface area contributed by atoms with Crippen molar-refractivity contribution in [3.05, 3.63) is 36.4 Å². The van der Waals surface area contributed by atoms with Gasteiger partial charge in [0.05, 0.1) is 7.11 Å². The van der Waals surface area contributed by atoms with Crippen LogP contribution in [0.2, 0.25) is 0 Å². The number of nitrogens with zero attached hydrogens (tertiary/aromatic N) is 1. The van der Waals surface area contributed by atoms with Crippen molar-refractivity contribution < 1.29 is 9.53 Å². The van der Waals surface area contributed by atoms with Gasteiger partial charge in [-0.15, -0.1) is 6.58 Å². The summed E-state index contributed by atoms with van der Waals surface area (Å²) in [5.74, 6) is 0.782. The first-order chi connectivity index (χ1) is 7.60. The average Bonchev–Trinajstić information content (AvgIpc) is 2.29. The van der Waals surface area contributed by atoms with E-state index in [0.29, 0.717) is 0 Å². The summed E-state index contributed by atoms with van der Waals surface area (Å²) in [6.07, 6.45) is 2.58. The van der Waals surface area contributed by atoms with Crippen LogP contribution in [-0.2, 0) is 11.2 Å². The summed E-state index contributed by atoms with van der Waals surface area (Å²) < 4.78 is 5.28. The fraction of sp³-hybridized carbons (Fsp3) is 0.308. The number of carbonyl (C=O) groups is 1. The Morgan fingerprint density at radius 1 is 1.56 bits per heavy atom. The molecule has 1 rings (SSSR count). The van der Waals surface area contributed by atoms with Crippen molar-refractivity contribution in [2.75, 3.05) is 19.1 Å². The number of methoxy groups -OCH3 is 1. The lowest BCUT2D eigenvalue weighted by Crippen LogP contribution is -2.22. The number of rotatable bonds is 4. The summed E-state index contributed by atoms with van der Waals surface area (Å²) in [5.41, 5.74) is 1.90. The highest BCUT2D eigenvalue weighted by Gasteiger charge is 2.08. The highest BCUT2D eigenvalue weighted by molar-refractivity contribution is 5.91. The third kappa shape index (κ3) is 2.63. The molecule has 0 saturated carbocycles. The van der Waals surface area contributed by atoms with Gasteiger partial charge in [-0.25, -0.2) is 0 Å². The van der Waals surface area contributed by atoms with Gasteiger partial charge in [-0.3, -0.25) is 4.79 Å². The number of amides is 1. The minimum Gasteiger partial charge on any atom is -0.496 e. The molecule has 1 amide bonds. The standard InChI is InChI=1S/C13H17NO2/c1-5-6-11-7-8-12(9-13(11)16-4)14(3)10(2)15/h5,7-9H,1,6H2,2-4H3. The molecule has 1 aromatic rings. The van der Waals surface area contributed by atoms with Gasteiger partial charge >= 0.3 is 0 Å². The minimum absolute atomic E-state index is 0.00137. The molecule has 0 spiro atoms. The molecule has 0 aliphatic heterocycles. The zero-order valence-corrected chi connectivity index (χ0v) is 9.99. The number of ether oxygens (including phenoxy) is 1. The molecule has 16 heavy (non-hydrogen) atoms. The second-order valence-corrected chi connectivity index (χ2v) is 3.57. The fourth-order valence-electron chi connectivity index (χ4n) is 1.45. The van der Waals surface area contributed by atoms with E-state index >= 15 is 0 Å². The first-order valence-electron chi connectivity index (χ1n) is 5.12. The summed E-state index contributed by atoms with van der Waals surface area (Å²) in [5, 5.41) is 0. The molecule has 0 N–H and O–H groups in total. The molecule has 0 saturated heterocycles. The van der Waals surface area contributed by atoms with Gasteiger partial charge in [0.2, 0.25) is 5.91 Å². The van der Waals surface area contributed by atoms with E-state index in [9.17, 15) is 4.79 Å². The van der Waals surface area contributed by atoms with Crippen LogP contribution >= 0.6 is 0 Å². The third-order valence-corrected chi connectivity index (χ3v) is 2.49. The van der Waals surface area contributed by atoms with E-state index < -0.39 is 0 Å². The highest BCUT2D eigenvalue weighted by Crippen LogP contribution is 2.25. The lowest BCUT2D eigenvalue weighted by Gasteiger charge is -2.17. The first-order valence-corrected chi connectivity index (χ1v) is 5.12. The van der Waals surface area contributed by atoms with Crippen LogP contribution in [0.1, 0.15) is 12.5 Å². The van der Waals surface area contributed by atoms with E-state index in [2.05, 4.69) is 6.58 Å². The molecule has 0 fully saturated rings. The summed E-state index contributed by atoms with van der Waals surface area (Å²) in [4.78, 5) is 12.8. The molecular weight excluding hydrogens is 202 g/mol. The number of hydrogen-bond acceptors (Lipinski definition) is 2. The predicted octanol–water partition coefficient (Wildman–Crippen LogP) is 2.41. The molecule has 0 aliphatic rings. The van der Waals surface area contributed by atoms with Gasteiger partial charge in [-0.05, 0) is 18.1 Å². The number of hydrogen-bond donors (Lipinski definition) is 0. The Balaban J connectivity index is 3.07. The Kier molecular flexibility index (Phi) is 4.11. The summed E-state index contributed by atoms with van der Waals surface area (Å²) >= 11 is 0. The topological polar surface area (TPSA) is 29.5 Å². The fourth-order valence-corrected chi connectivity index (χ4v) is 1.45. The van der Waals surface area contributed by atoms with E-state index in [0.717, 1.165) is 23.4 Å². The summed E-state index contributed by atoms with van der Waals surface area (Å²) in [6, 6.07) is 5.72. The lowest BCUT2D eigenvalue weighted by atomic mass is 10.1. The van der Waals surface area contributed by atoms with E-state index in [1.165, 1.54) is 6.92 Å². The van der Waals surface area contributed by atoms with Crippen molar-refractivity contribution in [3.8, 4) is 5.75 Å². The van der Waals surface area contributed by atoms with E-state index in [1.54, 1.807) is 19.1 Å². The van der Waals surface area contributed by atoms with Crippen LogP contribution in [0.5, 0.6) is 5.75 Å². The first kappa shape index (κ1) is 12.3. The zero-order valence-electron chi connectivity index (χ0n) is 9.99. The number of allylic oxidation sites excluding steroid dienone is 1. The predicted molar refractivity (Wildman–Crippen MR) is 66.0 cm³/mol. The normalized spacial score (nSPS) is 9.69. The lowest BCUT2D eigenvalue weighted by molar-refractivity contribution is -0.116. The van der Waals surface area contributed by atoms with Crippen LogP contribution < -0.4 is 9.64 Å². The maximum absolute atomic E-state index is 11.2. The van der Waals surface area contributed by atoms with Gasteiger partial charge in [-0.1, -0.05) is 12.1 Å². The van der Waals surface area contributed by atoms with Gasteiger partial charge in [0.1, 0.15) is 5.75 Å². The molecule has 0 atom stereocenters. The van der Waals surface area contributed by atoms with Gasteiger partial charge < -0.3 is 9.64 Å². The number of anilines is 1. The Labute approximate surface area is 96.3 Å². The van der Waals surface area contributed by atoms with Crippen LogP contribution in [0.3, 0.4) is 0 Å². The minimum atomic E-state index is -0.00137. The highest BCUT2D eigenvalue weighted by atomic mass is 16.5.